The van der Waals surface area contributed by atoms with Gasteiger partial charge < -0.3 is 9.64 Å². The maximum Gasteiger partial charge on any atom is 0.358 e. The van der Waals surface area contributed by atoms with E-state index in [1.165, 1.54) is 26.1 Å². The quantitative estimate of drug-likeness (QED) is 0.568. The van der Waals surface area contributed by atoms with Crippen LogP contribution < -0.4 is 4.90 Å². The lowest BCUT2D eigenvalue weighted by atomic mass is 10.4. The molecule has 90 valence electrons. The van der Waals surface area contributed by atoms with Crippen molar-refractivity contribution in [3.63, 3.8) is 0 Å². The van der Waals surface area contributed by atoms with Crippen molar-refractivity contribution in [2.45, 2.75) is 18.9 Å². The van der Waals surface area contributed by atoms with Crippen LogP contribution in [0.5, 0.6) is 0 Å². The summed E-state index contributed by atoms with van der Waals surface area (Å²) in [6.45, 7) is 4.48. The number of aromatic nitrogens is 2. The Hall–Kier alpha value is -1.91. The highest BCUT2D eigenvalue weighted by Gasteiger charge is 2.29. The number of carbonyl (C=O) groups is 1. The van der Waals surface area contributed by atoms with Gasteiger partial charge in [0.2, 0.25) is 0 Å². The number of nitrogens with zero attached hydrogens (tertiary/aromatic N) is 3. The van der Waals surface area contributed by atoms with E-state index in [4.69, 9.17) is 0 Å². The van der Waals surface area contributed by atoms with Crippen LogP contribution in [0.4, 0.5) is 5.82 Å². The van der Waals surface area contributed by atoms with Gasteiger partial charge in [-0.2, -0.15) is 0 Å². The molecule has 0 amide bonds. The molecule has 2 rings (SSSR count). The average molecular weight is 233 g/mol. The molecule has 1 aliphatic rings. The average Bonchev–Trinajstić information content (AvgIpc) is 3.19. The van der Waals surface area contributed by atoms with E-state index >= 15 is 0 Å². The van der Waals surface area contributed by atoms with Gasteiger partial charge in [0.25, 0.3) is 0 Å². The molecular formula is C12H15N3O2. The van der Waals surface area contributed by atoms with Gasteiger partial charge in [-0.15, -0.1) is 6.58 Å². The number of anilines is 1. The third kappa shape index (κ3) is 2.61. The molecule has 1 saturated carbocycles. The summed E-state index contributed by atoms with van der Waals surface area (Å²) in [6.07, 6.45) is 7.24. The van der Waals surface area contributed by atoms with E-state index in [0.717, 1.165) is 12.4 Å². The highest BCUT2D eigenvalue weighted by molar-refractivity contribution is 5.86. The molecule has 5 nitrogen and oxygen atoms in total. The third-order valence-electron chi connectivity index (χ3n) is 2.64. The van der Waals surface area contributed by atoms with E-state index in [0.29, 0.717) is 6.04 Å². The van der Waals surface area contributed by atoms with Crippen molar-refractivity contribution in [2.75, 3.05) is 18.6 Å². The van der Waals surface area contributed by atoms with Crippen molar-refractivity contribution in [3.05, 3.63) is 30.7 Å². The fourth-order valence-corrected chi connectivity index (χ4v) is 1.63. The number of hydrogen-bond donors (Lipinski definition) is 0. The van der Waals surface area contributed by atoms with Gasteiger partial charge in [-0.05, 0) is 12.8 Å². The monoisotopic (exact) mass is 233 g/mol. The minimum atomic E-state index is -0.467. The van der Waals surface area contributed by atoms with Crippen molar-refractivity contribution in [2.24, 2.45) is 0 Å². The number of ether oxygens (including phenoxy) is 1. The first-order chi connectivity index (χ1) is 8.26. The van der Waals surface area contributed by atoms with Gasteiger partial charge in [0.1, 0.15) is 5.82 Å². The molecule has 0 aliphatic heterocycles. The molecule has 1 fully saturated rings. The maximum absolute atomic E-state index is 11.2. The molecule has 0 saturated heterocycles. The van der Waals surface area contributed by atoms with Gasteiger partial charge in [0, 0.05) is 12.6 Å². The van der Waals surface area contributed by atoms with Crippen molar-refractivity contribution >= 4 is 11.8 Å². The van der Waals surface area contributed by atoms with Crippen LogP contribution in [0.3, 0.4) is 0 Å². The number of rotatable bonds is 5. The van der Waals surface area contributed by atoms with E-state index in [9.17, 15) is 4.79 Å². The Balaban J connectivity index is 2.15. The molecule has 0 aromatic carbocycles. The summed E-state index contributed by atoms with van der Waals surface area (Å²) >= 11 is 0. The van der Waals surface area contributed by atoms with Crippen LogP contribution in [0, 0.1) is 0 Å². The highest BCUT2D eigenvalue weighted by Crippen LogP contribution is 2.29. The van der Waals surface area contributed by atoms with Crippen LogP contribution in [0.2, 0.25) is 0 Å². The molecule has 0 spiro atoms. The number of esters is 1. The lowest BCUT2D eigenvalue weighted by molar-refractivity contribution is 0.0593. The Morgan fingerprint density at radius 3 is 2.82 bits per heavy atom. The molecule has 0 atom stereocenters. The molecule has 0 bridgehead atoms. The smallest absolute Gasteiger partial charge is 0.358 e. The van der Waals surface area contributed by atoms with Crippen molar-refractivity contribution in [1.29, 1.82) is 0 Å². The Kier molecular flexibility index (Phi) is 3.37. The van der Waals surface area contributed by atoms with Gasteiger partial charge in [0.05, 0.1) is 19.5 Å². The first-order valence-electron chi connectivity index (χ1n) is 5.54. The first kappa shape index (κ1) is 11.6. The van der Waals surface area contributed by atoms with Crippen molar-refractivity contribution in [1.82, 2.24) is 9.97 Å². The van der Waals surface area contributed by atoms with Crippen LogP contribution in [0.1, 0.15) is 23.3 Å². The molecule has 17 heavy (non-hydrogen) atoms. The highest BCUT2D eigenvalue weighted by atomic mass is 16.5. The molecule has 5 heteroatoms. The molecule has 0 radical (unpaired) electrons. The molecule has 1 aromatic heterocycles. The van der Waals surface area contributed by atoms with E-state index < -0.39 is 5.97 Å². The van der Waals surface area contributed by atoms with Gasteiger partial charge >= 0.3 is 5.97 Å². The second kappa shape index (κ2) is 4.95. The minimum absolute atomic E-state index is 0.227. The summed E-state index contributed by atoms with van der Waals surface area (Å²) in [5.74, 6) is 0.311. The molecule has 0 unspecified atom stereocenters. The Bertz CT molecular complexity index is 412. The van der Waals surface area contributed by atoms with Crippen LogP contribution >= 0.6 is 0 Å². The maximum atomic E-state index is 11.2. The summed E-state index contributed by atoms with van der Waals surface area (Å²) in [5.41, 5.74) is 0.227. The first-order valence-corrected chi connectivity index (χ1v) is 5.54. The number of hydrogen-bond acceptors (Lipinski definition) is 5. The minimum Gasteiger partial charge on any atom is -0.464 e. The lowest BCUT2D eigenvalue weighted by Crippen LogP contribution is -2.26. The zero-order valence-electron chi connectivity index (χ0n) is 9.80. The van der Waals surface area contributed by atoms with E-state index in [1.807, 2.05) is 6.08 Å². The molecule has 1 aromatic rings. The standard InChI is InChI=1S/C12H15N3O2/c1-3-6-15(9-4-5-9)11-8-13-10(7-14-11)12(16)17-2/h3,7-9H,1,4-6H2,2H3. The lowest BCUT2D eigenvalue weighted by Gasteiger charge is -2.21. The molecule has 1 aliphatic carbocycles. The number of carbonyl (C=O) groups excluding carboxylic acids is 1. The Morgan fingerprint density at radius 2 is 2.35 bits per heavy atom. The van der Waals surface area contributed by atoms with Crippen molar-refractivity contribution in [3.8, 4) is 0 Å². The van der Waals surface area contributed by atoms with E-state index in [-0.39, 0.29) is 5.69 Å². The van der Waals surface area contributed by atoms with Gasteiger partial charge in [0.15, 0.2) is 5.69 Å². The summed E-state index contributed by atoms with van der Waals surface area (Å²) in [7, 11) is 1.33. The predicted molar refractivity (Wildman–Crippen MR) is 63.9 cm³/mol. The predicted octanol–water partition coefficient (Wildman–Crippen LogP) is 1.42. The SMILES string of the molecule is C=CCN(c1cnc(C(=O)OC)cn1)C1CC1. The zero-order chi connectivity index (χ0) is 12.3. The third-order valence-corrected chi connectivity index (χ3v) is 2.64. The second-order valence-electron chi connectivity index (χ2n) is 3.92. The largest absolute Gasteiger partial charge is 0.464 e. The molecule has 0 N–H and O–H groups in total. The van der Waals surface area contributed by atoms with Gasteiger partial charge in [-0.1, -0.05) is 6.08 Å². The molecule has 1 heterocycles. The van der Waals surface area contributed by atoms with Crippen LogP contribution in [-0.2, 0) is 4.74 Å². The number of methoxy groups -OCH3 is 1. The Labute approximate surface area is 100 Å². The topological polar surface area (TPSA) is 55.3 Å². The second-order valence-corrected chi connectivity index (χ2v) is 3.92. The zero-order valence-corrected chi connectivity index (χ0v) is 9.80. The Morgan fingerprint density at radius 1 is 1.59 bits per heavy atom. The van der Waals surface area contributed by atoms with Gasteiger partial charge in [-0.25, -0.2) is 14.8 Å². The molecular weight excluding hydrogens is 218 g/mol. The van der Waals surface area contributed by atoms with Gasteiger partial charge in [-0.3, -0.25) is 0 Å². The summed E-state index contributed by atoms with van der Waals surface area (Å²) in [6, 6.07) is 0.534. The van der Waals surface area contributed by atoms with Crippen LogP contribution in [0.25, 0.3) is 0 Å². The van der Waals surface area contributed by atoms with E-state index in [2.05, 4.69) is 26.2 Å². The summed E-state index contributed by atoms with van der Waals surface area (Å²) in [5, 5.41) is 0. The van der Waals surface area contributed by atoms with Crippen molar-refractivity contribution < 1.29 is 9.53 Å². The van der Waals surface area contributed by atoms with E-state index in [1.54, 1.807) is 6.20 Å². The fraction of sp³-hybridized carbons (Fsp3) is 0.417. The summed E-state index contributed by atoms with van der Waals surface area (Å²) < 4.78 is 4.57. The normalized spacial score (nSPS) is 14.2. The van der Waals surface area contributed by atoms with Crippen LogP contribution in [0.15, 0.2) is 25.0 Å². The summed E-state index contributed by atoms with van der Waals surface area (Å²) in [4.78, 5) is 21.6. The fourth-order valence-electron chi connectivity index (χ4n) is 1.63. The van der Waals surface area contributed by atoms with Crippen LogP contribution in [-0.4, -0.2) is 35.6 Å².